The Hall–Kier alpha value is -1.85. The maximum atomic E-state index is 11.3. The van der Waals surface area contributed by atoms with Gasteiger partial charge in [-0.25, -0.2) is 4.98 Å². The van der Waals surface area contributed by atoms with Crippen molar-refractivity contribution in [1.29, 1.82) is 0 Å². The molecule has 1 unspecified atom stereocenters. The Bertz CT molecular complexity index is 434. The minimum atomic E-state index is -0.233. The summed E-state index contributed by atoms with van der Waals surface area (Å²) in [5, 5.41) is 0. The Morgan fingerprint density at radius 3 is 3.00 bits per heavy atom. The molecule has 2 heterocycles. The molecule has 2 rings (SSSR count). The van der Waals surface area contributed by atoms with Gasteiger partial charge in [-0.2, -0.15) is 4.98 Å². The lowest BCUT2D eigenvalue weighted by atomic mass is 9.98. The first-order valence-corrected chi connectivity index (χ1v) is 6.12. The van der Waals surface area contributed by atoms with Crippen LogP contribution in [0.2, 0.25) is 0 Å². The number of nitrogens with zero attached hydrogens (tertiary/aromatic N) is 4. The predicted octanol–water partition coefficient (Wildman–Crippen LogP) is 0.244. The van der Waals surface area contributed by atoms with Crippen LogP contribution in [0.25, 0.3) is 0 Å². The van der Waals surface area contributed by atoms with Gasteiger partial charge in [-0.15, -0.1) is 0 Å². The van der Waals surface area contributed by atoms with E-state index in [0.29, 0.717) is 12.5 Å². The fourth-order valence-electron chi connectivity index (χ4n) is 2.13. The number of nitrogens with two attached hydrogens (primary N) is 1. The zero-order valence-corrected chi connectivity index (χ0v) is 10.8. The third-order valence-electron chi connectivity index (χ3n) is 3.19. The minimum Gasteiger partial charge on any atom is -0.369 e. The fourth-order valence-corrected chi connectivity index (χ4v) is 2.13. The fraction of sp³-hybridized carbons (Fsp3) is 0.583. The smallest absolute Gasteiger partial charge is 0.227 e. The topological polar surface area (TPSA) is 75.3 Å². The van der Waals surface area contributed by atoms with E-state index in [-0.39, 0.29) is 11.8 Å². The molecule has 1 saturated heterocycles. The van der Waals surface area contributed by atoms with E-state index in [1.807, 2.05) is 30.0 Å². The van der Waals surface area contributed by atoms with Crippen LogP contribution in [0.4, 0.5) is 11.8 Å². The van der Waals surface area contributed by atoms with Gasteiger partial charge >= 0.3 is 0 Å². The number of piperidine rings is 1. The highest BCUT2D eigenvalue weighted by Gasteiger charge is 2.25. The van der Waals surface area contributed by atoms with Crippen molar-refractivity contribution >= 4 is 17.7 Å². The van der Waals surface area contributed by atoms with Crippen molar-refractivity contribution in [3.8, 4) is 0 Å². The summed E-state index contributed by atoms with van der Waals surface area (Å²) < 4.78 is 0. The van der Waals surface area contributed by atoms with Crippen LogP contribution in [0.3, 0.4) is 0 Å². The van der Waals surface area contributed by atoms with Crippen LogP contribution in [-0.4, -0.2) is 43.1 Å². The van der Waals surface area contributed by atoms with Gasteiger partial charge in [-0.05, 0) is 18.9 Å². The lowest BCUT2D eigenvalue weighted by Crippen LogP contribution is -2.42. The summed E-state index contributed by atoms with van der Waals surface area (Å²) >= 11 is 0. The number of aromatic nitrogens is 2. The number of hydrogen-bond acceptors (Lipinski definition) is 5. The minimum absolute atomic E-state index is 0.0923. The molecular formula is C12H19N5O. The molecule has 6 nitrogen and oxygen atoms in total. The largest absolute Gasteiger partial charge is 0.369 e. The van der Waals surface area contributed by atoms with Crippen molar-refractivity contribution in [1.82, 2.24) is 9.97 Å². The molecule has 6 heteroatoms. The molecule has 0 saturated carbocycles. The molecule has 1 aromatic heterocycles. The molecule has 0 aromatic carbocycles. The second-order valence-electron chi connectivity index (χ2n) is 4.80. The highest BCUT2D eigenvalue weighted by molar-refractivity contribution is 5.77. The lowest BCUT2D eigenvalue weighted by Gasteiger charge is -2.31. The van der Waals surface area contributed by atoms with Gasteiger partial charge in [0, 0.05) is 33.4 Å². The molecule has 1 fully saturated rings. The van der Waals surface area contributed by atoms with Gasteiger partial charge in [0.05, 0.1) is 5.92 Å². The number of primary amides is 1. The summed E-state index contributed by atoms with van der Waals surface area (Å²) in [6.45, 7) is 1.49. The summed E-state index contributed by atoms with van der Waals surface area (Å²) in [6.07, 6.45) is 3.55. The molecule has 98 valence electrons. The van der Waals surface area contributed by atoms with E-state index in [1.165, 1.54) is 0 Å². The van der Waals surface area contributed by atoms with Crippen molar-refractivity contribution in [3.05, 3.63) is 12.3 Å². The molecule has 1 aliphatic heterocycles. The normalized spacial score (nSPS) is 19.7. The Morgan fingerprint density at radius 2 is 2.33 bits per heavy atom. The van der Waals surface area contributed by atoms with Gasteiger partial charge in [0.2, 0.25) is 11.9 Å². The maximum absolute atomic E-state index is 11.3. The lowest BCUT2D eigenvalue weighted by molar-refractivity contribution is -0.122. The number of hydrogen-bond donors (Lipinski definition) is 1. The van der Waals surface area contributed by atoms with Crippen LogP contribution < -0.4 is 15.5 Å². The Labute approximate surface area is 107 Å². The summed E-state index contributed by atoms with van der Waals surface area (Å²) in [4.78, 5) is 24.0. The van der Waals surface area contributed by atoms with Crippen LogP contribution >= 0.6 is 0 Å². The number of rotatable bonds is 3. The highest BCUT2D eigenvalue weighted by atomic mass is 16.1. The third-order valence-corrected chi connectivity index (χ3v) is 3.19. The SMILES string of the molecule is CN(C)c1ccnc(N2CCCC(C(N)=O)C2)n1. The Kier molecular flexibility index (Phi) is 3.64. The summed E-state index contributed by atoms with van der Waals surface area (Å²) in [5.74, 6) is 1.21. The number of amides is 1. The van der Waals surface area contributed by atoms with E-state index in [2.05, 4.69) is 9.97 Å². The first-order valence-electron chi connectivity index (χ1n) is 6.12. The van der Waals surface area contributed by atoms with E-state index < -0.39 is 0 Å². The number of carbonyl (C=O) groups is 1. The van der Waals surface area contributed by atoms with Gasteiger partial charge in [0.1, 0.15) is 5.82 Å². The molecule has 0 bridgehead atoms. The van der Waals surface area contributed by atoms with Crippen LogP contribution in [0, 0.1) is 5.92 Å². The van der Waals surface area contributed by atoms with Crippen LogP contribution in [-0.2, 0) is 4.79 Å². The first-order chi connectivity index (χ1) is 8.58. The van der Waals surface area contributed by atoms with E-state index >= 15 is 0 Å². The van der Waals surface area contributed by atoms with E-state index in [1.54, 1.807) is 6.20 Å². The van der Waals surface area contributed by atoms with Crippen molar-refractivity contribution < 1.29 is 4.79 Å². The monoisotopic (exact) mass is 249 g/mol. The van der Waals surface area contributed by atoms with Crippen molar-refractivity contribution in [3.63, 3.8) is 0 Å². The summed E-state index contributed by atoms with van der Waals surface area (Å²) in [6, 6.07) is 1.86. The van der Waals surface area contributed by atoms with Gasteiger partial charge in [-0.3, -0.25) is 4.79 Å². The number of carbonyl (C=O) groups excluding carboxylic acids is 1. The molecule has 1 atom stereocenters. The average molecular weight is 249 g/mol. The zero-order chi connectivity index (χ0) is 13.1. The zero-order valence-electron chi connectivity index (χ0n) is 10.8. The highest BCUT2D eigenvalue weighted by Crippen LogP contribution is 2.21. The first kappa shape index (κ1) is 12.6. The third kappa shape index (κ3) is 2.69. The van der Waals surface area contributed by atoms with Crippen LogP contribution in [0.1, 0.15) is 12.8 Å². The van der Waals surface area contributed by atoms with Crippen molar-refractivity contribution in [2.24, 2.45) is 11.7 Å². The van der Waals surface area contributed by atoms with E-state index in [4.69, 9.17) is 5.73 Å². The second kappa shape index (κ2) is 5.20. The second-order valence-corrected chi connectivity index (χ2v) is 4.80. The molecule has 1 amide bonds. The van der Waals surface area contributed by atoms with Gasteiger partial charge in [-0.1, -0.05) is 0 Å². The molecule has 18 heavy (non-hydrogen) atoms. The van der Waals surface area contributed by atoms with E-state index in [9.17, 15) is 4.79 Å². The number of anilines is 2. The molecule has 2 N–H and O–H groups in total. The van der Waals surface area contributed by atoms with Crippen molar-refractivity contribution in [2.45, 2.75) is 12.8 Å². The van der Waals surface area contributed by atoms with Crippen LogP contribution in [0.15, 0.2) is 12.3 Å². The molecule has 1 aromatic rings. The molecule has 0 radical (unpaired) electrons. The van der Waals surface area contributed by atoms with Gasteiger partial charge in [0.25, 0.3) is 0 Å². The molecule has 0 aliphatic carbocycles. The molecular weight excluding hydrogens is 230 g/mol. The van der Waals surface area contributed by atoms with Gasteiger partial charge in [0.15, 0.2) is 0 Å². The summed E-state index contributed by atoms with van der Waals surface area (Å²) in [5.41, 5.74) is 5.37. The van der Waals surface area contributed by atoms with Crippen molar-refractivity contribution in [2.75, 3.05) is 37.0 Å². The Morgan fingerprint density at radius 1 is 1.56 bits per heavy atom. The van der Waals surface area contributed by atoms with E-state index in [0.717, 1.165) is 25.2 Å². The quantitative estimate of drug-likeness (QED) is 0.830. The maximum Gasteiger partial charge on any atom is 0.227 e. The van der Waals surface area contributed by atoms with Gasteiger partial charge < -0.3 is 15.5 Å². The molecule has 1 aliphatic rings. The summed E-state index contributed by atoms with van der Waals surface area (Å²) in [7, 11) is 3.88. The predicted molar refractivity (Wildman–Crippen MR) is 70.5 cm³/mol. The average Bonchev–Trinajstić information content (AvgIpc) is 2.39. The Balaban J connectivity index is 2.15. The standard InChI is InChI=1S/C12H19N5O/c1-16(2)10-5-6-14-12(15-10)17-7-3-4-9(8-17)11(13)18/h5-6,9H,3-4,7-8H2,1-2H3,(H2,13,18). The molecule has 0 spiro atoms. The van der Waals surface area contributed by atoms with Crippen LogP contribution in [0.5, 0.6) is 0 Å².